The Morgan fingerprint density at radius 2 is 1.61 bits per heavy atom. The van der Waals surface area contributed by atoms with E-state index in [1.54, 1.807) is 0 Å². The number of hydrogen-bond donors (Lipinski definition) is 2. The van der Waals surface area contributed by atoms with Gasteiger partial charge in [-0.25, -0.2) is 0 Å². The van der Waals surface area contributed by atoms with Crippen LogP contribution in [0, 0.1) is 0 Å². The van der Waals surface area contributed by atoms with Gasteiger partial charge in [-0.2, -0.15) is 0 Å². The van der Waals surface area contributed by atoms with E-state index in [1.165, 1.54) is 25.7 Å². The smallest absolute Gasteiger partial charge is 0.0620 e. The third kappa shape index (κ3) is 6.55. The van der Waals surface area contributed by atoms with Crippen LogP contribution in [0.15, 0.2) is 59.6 Å². The largest absolute Gasteiger partial charge is 0.378 e. The molecule has 0 fully saturated rings. The number of para-hydroxylation sites is 3. The maximum atomic E-state index is 4.46. The summed E-state index contributed by atoms with van der Waals surface area (Å²) < 4.78 is 0. The number of aliphatic imine (C=N–C) groups is 1. The van der Waals surface area contributed by atoms with Gasteiger partial charge in [0, 0.05) is 25.0 Å². The summed E-state index contributed by atoms with van der Waals surface area (Å²) in [6, 6.07) is 18.5. The van der Waals surface area contributed by atoms with Crippen LogP contribution in [0.4, 0.5) is 17.1 Å². The van der Waals surface area contributed by atoms with Crippen molar-refractivity contribution in [3.05, 3.63) is 54.6 Å². The lowest BCUT2D eigenvalue weighted by Gasteiger charge is -2.12. The second-order valence-corrected chi connectivity index (χ2v) is 5.57. The molecule has 2 aromatic rings. The van der Waals surface area contributed by atoms with Crippen molar-refractivity contribution in [3.63, 3.8) is 0 Å². The Labute approximate surface area is 139 Å². The van der Waals surface area contributed by atoms with Gasteiger partial charge in [-0.1, -0.05) is 56.5 Å². The highest BCUT2D eigenvalue weighted by molar-refractivity contribution is 5.76. The maximum Gasteiger partial charge on any atom is 0.0620 e. The number of benzene rings is 2. The van der Waals surface area contributed by atoms with E-state index in [9.17, 15) is 0 Å². The van der Waals surface area contributed by atoms with Crippen LogP contribution in [-0.2, 0) is 0 Å². The van der Waals surface area contributed by atoms with Gasteiger partial charge in [0.25, 0.3) is 0 Å². The molecule has 0 aliphatic heterocycles. The number of anilines is 3. The Balaban J connectivity index is 1.80. The van der Waals surface area contributed by atoms with Crippen LogP contribution in [0.2, 0.25) is 0 Å². The molecule has 0 atom stereocenters. The van der Waals surface area contributed by atoms with Gasteiger partial charge in [0.2, 0.25) is 0 Å². The van der Waals surface area contributed by atoms with Crippen LogP contribution in [-0.4, -0.2) is 19.3 Å². The molecule has 23 heavy (non-hydrogen) atoms. The fourth-order valence-corrected chi connectivity index (χ4v) is 2.36. The van der Waals surface area contributed by atoms with Crippen molar-refractivity contribution in [2.45, 2.75) is 32.6 Å². The Morgan fingerprint density at radius 3 is 2.39 bits per heavy atom. The van der Waals surface area contributed by atoms with Crippen LogP contribution in [0.5, 0.6) is 0 Å². The first kappa shape index (κ1) is 17.1. The molecule has 0 heterocycles. The Kier molecular flexibility index (Phi) is 7.75. The highest BCUT2D eigenvalue weighted by Gasteiger charge is 2.00. The maximum absolute atomic E-state index is 4.46. The van der Waals surface area contributed by atoms with Crippen LogP contribution < -0.4 is 10.6 Å². The van der Waals surface area contributed by atoms with E-state index in [4.69, 9.17) is 0 Å². The molecule has 3 nitrogen and oxygen atoms in total. The summed E-state index contributed by atoms with van der Waals surface area (Å²) in [7, 11) is 0. The molecule has 3 heteroatoms. The monoisotopic (exact) mass is 309 g/mol. The van der Waals surface area contributed by atoms with Gasteiger partial charge in [-0.15, -0.1) is 0 Å². The van der Waals surface area contributed by atoms with Gasteiger partial charge in [-0.3, -0.25) is 4.99 Å². The predicted molar refractivity (Wildman–Crippen MR) is 102 cm³/mol. The number of rotatable bonds is 10. The summed E-state index contributed by atoms with van der Waals surface area (Å²) in [5.41, 5.74) is 3.26. The first-order chi connectivity index (χ1) is 11.4. The van der Waals surface area contributed by atoms with Gasteiger partial charge in [0.15, 0.2) is 0 Å². The molecule has 0 saturated heterocycles. The molecule has 0 radical (unpaired) electrons. The molecular weight excluding hydrogens is 282 g/mol. The topological polar surface area (TPSA) is 36.4 Å². The lowest BCUT2D eigenvalue weighted by atomic mass is 10.2. The van der Waals surface area contributed by atoms with Crippen molar-refractivity contribution in [3.8, 4) is 0 Å². The minimum atomic E-state index is 0.751. The fraction of sp³-hybridized carbons (Fsp3) is 0.350. The second kappa shape index (κ2) is 10.4. The minimum Gasteiger partial charge on any atom is -0.378 e. The Bertz CT molecular complexity index is 578. The van der Waals surface area contributed by atoms with Crippen molar-refractivity contribution in [2.75, 3.05) is 23.7 Å². The van der Waals surface area contributed by atoms with Crippen LogP contribution in [0.3, 0.4) is 0 Å². The Hall–Kier alpha value is -2.29. The van der Waals surface area contributed by atoms with Gasteiger partial charge < -0.3 is 10.6 Å². The third-order valence-corrected chi connectivity index (χ3v) is 3.63. The number of hydrogen-bond acceptors (Lipinski definition) is 3. The highest BCUT2D eigenvalue weighted by atomic mass is 15.0. The van der Waals surface area contributed by atoms with Crippen LogP contribution >= 0.6 is 0 Å². The van der Waals surface area contributed by atoms with E-state index in [0.717, 1.165) is 30.2 Å². The average molecular weight is 309 g/mol. The molecule has 0 aromatic heterocycles. The van der Waals surface area contributed by atoms with Gasteiger partial charge in [0.1, 0.15) is 0 Å². The molecule has 0 spiro atoms. The standard InChI is InChI=1S/C20H27N3/c1-2-3-4-10-15-21-16-17-22-19-13-8-9-14-20(19)23-18-11-6-5-7-12-18/h5-9,11-14,16,22-23H,2-4,10,15,17H2,1H3. The molecule has 122 valence electrons. The second-order valence-electron chi connectivity index (χ2n) is 5.57. The molecule has 0 aliphatic carbocycles. The zero-order valence-electron chi connectivity index (χ0n) is 14.0. The lowest BCUT2D eigenvalue weighted by molar-refractivity contribution is 0.675. The van der Waals surface area contributed by atoms with Crippen molar-refractivity contribution in [2.24, 2.45) is 4.99 Å². The van der Waals surface area contributed by atoms with E-state index < -0.39 is 0 Å². The van der Waals surface area contributed by atoms with Gasteiger partial charge >= 0.3 is 0 Å². The van der Waals surface area contributed by atoms with E-state index in [-0.39, 0.29) is 0 Å². The fourth-order valence-electron chi connectivity index (χ4n) is 2.36. The first-order valence-electron chi connectivity index (χ1n) is 8.53. The summed E-state index contributed by atoms with van der Waals surface area (Å²) in [5, 5.41) is 6.86. The van der Waals surface area contributed by atoms with Gasteiger partial charge in [-0.05, 0) is 30.7 Å². The van der Waals surface area contributed by atoms with Crippen molar-refractivity contribution in [1.29, 1.82) is 0 Å². The summed E-state index contributed by atoms with van der Waals surface area (Å²) >= 11 is 0. The quantitative estimate of drug-likeness (QED) is 0.449. The normalized spacial score (nSPS) is 10.8. The van der Waals surface area contributed by atoms with Crippen LogP contribution in [0.1, 0.15) is 32.6 Å². The molecule has 0 amide bonds. The summed E-state index contributed by atoms with van der Waals surface area (Å²) in [5.74, 6) is 0. The van der Waals surface area contributed by atoms with E-state index >= 15 is 0 Å². The molecule has 2 aromatic carbocycles. The average Bonchev–Trinajstić information content (AvgIpc) is 2.59. The van der Waals surface area contributed by atoms with Crippen molar-refractivity contribution < 1.29 is 0 Å². The minimum absolute atomic E-state index is 0.751. The summed E-state index contributed by atoms with van der Waals surface area (Å²) in [6.45, 7) is 3.92. The van der Waals surface area contributed by atoms with Crippen molar-refractivity contribution >= 4 is 23.3 Å². The molecule has 0 unspecified atom stereocenters. The summed E-state index contributed by atoms with van der Waals surface area (Å²) in [6.07, 6.45) is 7.04. The lowest BCUT2D eigenvalue weighted by Crippen LogP contribution is -2.05. The molecule has 0 bridgehead atoms. The molecule has 2 rings (SSSR count). The van der Waals surface area contributed by atoms with Gasteiger partial charge in [0.05, 0.1) is 11.4 Å². The zero-order chi connectivity index (χ0) is 16.2. The number of unbranched alkanes of at least 4 members (excludes halogenated alkanes) is 3. The molecule has 0 aliphatic rings. The van der Waals surface area contributed by atoms with E-state index in [1.807, 2.05) is 36.5 Å². The van der Waals surface area contributed by atoms with Crippen molar-refractivity contribution in [1.82, 2.24) is 0 Å². The van der Waals surface area contributed by atoms with E-state index in [2.05, 4.69) is 46.8 Å². The van der Waals surface area contributed by atoms with Crippen LogP contribution in [0.25, 0.3) is 0 Å². The number of nitrogens with one attached hydrogen (secondary N) is 2. The third-order valence-electron chi connectivity index (χ3n) is 3.63. The molecular formula is C20H27N3. The summed E-state index contributed by atoms with van der Waals surface area (Å²) in [4.78, 5) is 4.46. The SMILES string of the molecule is CCCCCCN=CCNc1ccccc1Nc1ccccc1. The van der Waals surface area contributed by atoms with E-state index in [0.29, 0.717) is 0 Å². The molecule has 2 N–H and O–H groups in total. The Morgan fingerprint density at radius 1 is 0.870 bits per heavy atom. The number of nitrogens with zero attached hydrogens (tertiary/aromatic N) is 1. The highest BCUT2D eigenvalue weighted by Crippen LogP contribution is 2.24. The zero-order valence-corrected chi connectivity index (χ0v) is 14.0. The first-order valence-corrected chi connectivity index (χ1v) is 8.53. The predicted octanol–water partition coefficient (Wildman–Crippen LogP) is 5.49. The molecule has 0 saturated carbocycles.